The molecular formula is C25H42O2. The number of ether oxygens (including phenoxy) is 1. The fourth-order valence-corrected chi connectivity index (χ4v) is 8.86. The predicted octanol–water partition coefficient (Wildman–Crippen LogP) is 5.84. The van der Waals surface area contributed by atoms with E-state index in [4.69, 9.17) is 4.74 Å². The van der Waals surface area contributed by atoms with Gasteiger partial charge in [0.2, 0.25) is 0 Å². The first-order valence-corrected chi connectivity index (χ1v) is 11.7. The van der Waals surface area contributed by atoms with Crippen molar-refractivity contribution in [1.29, 1.82) is 0 Å². The van der Waals surface area contributed by atoms with E-state index in [-0.39, 0.29) is 0 Å². The number of allylic oxidation sites excluding steroid dienone is 1. The smallest absolute Gasteiger partial charge is 0.0882 e. The molecule has 9 atom stereocenters. The van der Waals surface area contributed by atoms with Crippen LogP contribution in [-0.2, 0) is 4.74 Å². The van der Waals surface area contributed by atoms with Crippen molar-refractivity contribution in [2.24, 2.45) is 46.8 Å². The molecule has 4 rings (SSSR count). The van der Waals surface area contributed by atoms with Gasteiger partial charge in [0.15, 0.2) is 0 Å². The molecule has 0 unspecified atom stereocenters. The normalized spacial score (nSPS) is 52.4. The van der Waals surface area contributed by atoms with E-state index in [2.05, 4.69) is 27.4 Å². The molecule has 2 nitrogen and oxygen atoms in total. The standard InChI is InChI=1S/C25H42O2/c1-16(2)22-9-6-17(3)23-21-8-7-18-14-25(26,15-27-5)13-11-19(18)20(21)10-12-24(22,23)4/h17-23,26H,1,6-15H2,2-5H3/t17-,18-,19+,20-,21-,22-,23+,24-,25-/m1/s1. The van der Waals surface area contributed by atoms with Crippen molar-refractivity contribution < 1.29 is 9.84 Å². The summed E-state index contributed by atoms with van der Waals surface area (Å²) in [4.78, 5) is 0. The first kappa shape index (κ1) is 20.0. The molecule has 0 spiro atoms. The molecule has 0 aromatic rings. The molecule has 4 fully saturated rings. The highest BCUT2D eigenvalue weighted by Gasteiger charge is 2.58. The van der Waals surface area contributed by atoms with Gasteiger partial charge in [-0.05, 0) is 112 Å². The molecule has 0 saturated heterocycles. The number of fused-ring (bicyclic) bond motifs is 5. The third kappa shape index (κ3) is 3.23. The minimum absolute atomic E-state index is 0.475. The first-order valence-electron chi connectivity index (χ1n) is 11.7. The number of hydrogen-bond donors (Lipinski definition) is 1. The average molecular weight is 375 g/mol. The van der Waals surface area contributed by atoms with Crippen molar-refractivity contribution in [2.45, 2.75) is 84.2 Å². The van der Waals surface area contributed by atoms with Crippen LogP contribution in [0.1, 0.15) is 78.6 Å². The van der Waals surface area contributed by atoms with E-state index in [9.17, 15) is 5.11 Å². The van der Waals surface area contributed by atoms with Gasteiger partial charge < -0.3 is 9.84 Å². The van der Waals surface area contributed by atoms with Crippen LogP contribution in [0.15, 0.2) is 12.2 Å². The second-order valence-electron chi connectivity index (χ2n) is 11.3. The number of methoxy groups -OCH3 is 1. The van der Waals surface area contributed by atoms with Gasteiger partial charge in [0.25, 0.3) is 0 Å². The van der Waals surface area contributed by atoms with Gasteiger partial charge in [0.05, 0.1) is 12.2 Å². The molecule has 4 aliphatic rings. The average Bonchev–Trinajstić information content (AvgIpc) is 2.60. The quantitative estimate of drug-likeness (QED) is 0.628. The Morgan fingerprint density at radius 2 is 1.78 bits per heavy atom. The van der Waals surface area contributed by atoms with E-state index >= 15 is 0 Å². The second-order valence-corrected chi connectivity index (χ2v) is 11.3. The topological polar surface area (TPSA) is 29.5 Å². The van der Waals surface area contributed by atoms with Crippen molar-refractivity contribution in [1.82, 2.24) is 0 Å². The fraction of sp³-hybridized carbons (Fsp3) is 0.920. The van der Waals surface area contributed by atoms with Crippen LogP contribution >= 0.6 is 0 Å². The summed E-state index contributed by atoms with van der Waals surface area (Å²) in [6.07, 6.45) is 11.4. The van der Waals surface area contributed by atoms with E-state index in [1.165, 1.54) is 50.5 Å². The van der Waals surface area contributed by atoms with Crippen LogP contribution in [0.5, 0.6) is 0 Å². The van der Waals surface area contributed by atoms with E-state index in [1.807, 2.05) is 0 Å². The molecule has 0 aliphatic heterocycles. The zero-order chi connectivity index (χ0) is 19.4. The molecule has 2 heteroatoms. The fourth-order valence-electron chi connectivity index (χ4n) is 8.86. The molecular weight excluding hydrogens is 332 g/mol. The number of rotatable bonds is 3. The van der Waals surface area contributed by atoms with Crippen LogP contribution in [-0.4, -0.2) is 24.4 Å². The van der Waals surface area contributed by atoms with Gasteiger partial charge in [-0.3, -0.25) is 0 Å². The summed E-state index contributed by atoms with van der Waals surface area (Å²) in [5, 5.41) is 10.9. The molecule has 0 heterocycles. The van der Waals surface area contributed by atoms with Crippen molar-refractivity contribution in [3.05, 3.63) is 12.2 Å². The zero-order valence-electron chi connectivity index (χ0n) is 18.2. The summed E-state index contributed by atoms with van der Waals surface area (Å²) in [6.45, 7) is 12.4. The van der Waals surface area contributed by atoms with Crippen LogP contribution in [0, 0.1) is 46.8 Å². The van der Waals surface area contributed by atoms with Gasteiger partial charge >= 0.3 is 0 Å². The molecule has 0 aromatic heterocycles. The molecule has 0 radical (unpaired) electrons. The largest absolute Gasteiger partial charge is 0.387 e. The van der Waals surface area contributed by atoms with Gasteiger partial charge in [-0.2, -0.15) is 0 Å². The van der Waals surface area contributed by atoms with E-state index < -0.39 is 5.60 Å². The number of hydrogen-bond acceptors (Lipinski definition) is 2. The summed E-state index contributed by atoms with van der Waals surface area (Å²) < 4.78 is 5.34. The summed E-state index contributed by atoms with van der Waals surface area (Å²) in [6, 6.07) is 0. The van der Waals surface area contributed by atoms with Gasteiger partial charge in [-0.15, -0.1) is 0 Å². The Balaban J connectivity index is 1.56. The highest BCUT2D eigenvalue weighted by Crippen LogP contribution is 2.65. The Bertz CT molecular complexity index is 571. The minimum atomic E-state index is -0.560. The monoisotopic (exact) mass is 374 g/mol. The maximum absolute atomic E-state index is 10.9. The molecule has 4 saturated carbocycles. The molecule has 154 valence electrons. The van der Waals surface area contributed by atoms with Crippen molar-refractivity contribution in [3.63, 3.8) is 0 Å². The lowest BCUT2D eigenvalue weighted by Crippen LogP contribution is -2.56. The van der Waals surface area contributed by atoms with Crippen molar-refractivity contribution in [3.8, 4) is 0 Å². The lowest BCUT2D eigenvalue weighted by molar-refractivity contribution is -0.148. The Kier molecular flexibility index (Phi) is 5.30. The van der Waals surface area contributed by atoms with Crippen molar-refractivity contribution in [2.75, 3.05) is 13.7 Å². The van der Waals surface area contributed by atoms with E-state index in [0.717, 1.165) is 54.3 Å². The van der Waals surface area contributed by atoms with E-state index in [1.54, 1.807) is 7.11 Å². The van der Waals surface area contributed by atoms with Crippen LogP contribution in [0.3, 0.4) is 0 Å². The Hall–Kier alpha value is -0.340. The van der Waals surface area contributed by atoms with Crippen LogP contribution in [0.2, 0.25) is 0 Å². The molecule has 27 heavy (non-hydrogen) atoms. The lowest BCUT2D eigenvalue weighted by atomic mass is 9.42. The summed E-state index contributed by atoms with van der Waals surface area (Å²) in [5.41, 5.74) is 1.35. The Labute approximate surface area is 167 Å². The van der Waals surface area contributed by atoms with Gasteiger partial charge in [0.1, 0.15) is 0 Å². The second kappa shape index (κ2) is 7.17. The molecule has 0 aromatic carbocycles. The Morgan fingerprint density at radius 3 is 2.48 bits per heavy atom. The van der Waals surface area contributed by atoms with Crippen LogP contribution in [0.25, 0.3) is 0 Å². The Morgan fingerprint density at radius 1 is 1.04 bits per heavy atom. The summed E-state index contributed by atoms with van der Waals surface area (Å²) in [7, 11) is 1.73. The van der Waals surface area contributed by atoms with Crippen LogP contribution in [0.4, 0.5) is 0 Å². The highest BCUT2D eigenvalue weighted by molar-refractivity contribution is 5.13. The maximum atomic E-state index is 10.9. The number of aliphatic hydroxyl groups is 1. The highest BCUT2D eigenvalue weighted by atomic mass is 16.5. The lowest BCUT2D eigenvalue weighted by Gasteiger charge is -2.63. The van der Waals surface area contributed by atoms with E-state index in [0.29, 0.717) is 12.0 Å². The van der Waals surface area contributed by atoms with Crippen molar-refractivity contribution >= 4 is 0 Å². The van der Waals surface area contributed by atoms with Gasteiger partial charge in [-0.1, -0.05) is 26.0 Å². The summed E-state index contributed by atoms with van der Waals surface area (Å²) in [5.74, 6) is 5.87. The van der Waals surface area contributed by atoms with Gasteiger partial charge in [0, 0.05) is 7.11 Å². The zero-order valence-corrected chi connectivity index (χ0v) is 18.2. The minimum Gasteiger partial charge on any atom is -0.387 e. The van der Waals surface area contributed by atoms with Gasteiger partial charge in [-0.25, -0.2) is 0 Å². The predicted molar refractivity (Wildman–Crippen MR) is 111 cm³/mol. The molecule has 0 bridgehead atoms. The first-order chi connectivity index (χ1) is 12.8. The SMILES string of the molecule is C=C(C)[C@H]1CC[C@@H](C)[C@H]2[C@@H]3CC[C@@H]4C[C@@](O)(COC)CC[C@@H]4[C@H]3CC[C@@]21C. The molecule has 1 N–H and O–H groups in total. The summed E-state index contributed by atoms with van der Waals surface area (Å²) >= 11 is 0. The molecule has 4 aliphatic carbocycles. The third-order valence-corrected chi connectivity index (χ3v) is 9.73. The van der Waals surface area contributed by atoms with Crippen LogP contribution < -0.4 is 0 Å². The maximum Gasteiger partial charge on any atom is 0.0882 e. The third-order valence-electron chi connectivity index (χ3n) is 9.73. The molecule has 0 amide bonds.